The number of anilines is 2. The normalized spacial score (nSPS) is 28.6. The summed E-state index contributed by atoms with van der Waals surface area (Å²) in [6, 6.07) is 6.75. The Morgan fingerprint density at radius 3 is 2.51 bits per heavy atom. The van der Waals surface area contributed by atoms with Gasteiger partial charge in [0.05, 0.1) is 36.0 Å². The summed E-state index contributed by atoms with van der Waals surface area (Å²) >= 11 is 6.54. The second-order valence-corrected chi connectivity index (χ2v) is 11.1. The van der Waals surface area contributed by atoms with Gasteiger partial charge < -0.3 is 15.2 Å². The largest absolute Gasteiger partial charge is 0.481 e. The van der Waals surface area contributed by atoms with Crippen molar-refractivity contribution < 1.29 is 19.4 Å². The monoisotopic (exact) mass is 499 g/mol. The quantitative estimate of drug-likeness (QED) is 0.493. The number of carboxylic acids is 1. The van der Waals surface area contributed by atoms with Crippen molar-refractivity contribution >= 4 is 34.9 Å². The van der Waals surface area contributed by atoms with Gasteiger partial charge in [-0.2, -0.15) is 5.10 Å². The lowest BCUT2D eigenvalue weighted by atomic mass is 9.46. The maximum atomic E-state index is 13.4. The molecule has 35 heavy (non-hydrogen) atoms. The number of hydrogen-bond donors (Lipinski definition) is 2. The molecule has 0 aliphatic heterocycles. The zero-order valence-corrected chi connectivity index (χ0v) is 20.5. The van der Waals surface area contributed by atoms with Crippen LogP contribution in [0.5, 0.6) is 0 Å². The van der Waals surface area contributed by atoms with Crippen LogP contribution in [0.1, 0.15) is 68.6 Å². The molecule has 0 amide bonds. The van der Waals surface area contributed by atoms with E-state index in [1.807, 2.05) is 6.92 Å². The maximum absolute atomic E-state index is 13.4. The Bertz CT molecular complexity index is 1190. The van der Waals surface area contributed by atoms with Gasteiger partial charge >= 0.3 is 11.9 Å². The molecule has 186 valence electrons. The van der Waals surface area contributed by atoms with E-state index in [2.05, 4.69) is 10.4 Å². The van der Waals surface area contributed by atoms with Crippen molar-refractivity contribution in [3.05, 3.63) is 51.4 Å². The summed E-state index contributed by atoms with van der Waals surface area (Å²) in [6.07, 6.45) is 7.75. The number of rotatable bonds is 8. The maximum Gasteiger partial charge on any atom is 0.338 e. The van der Waals surface area contributed by atoms with Crippen LogP contribution in [-0.2, 0) is 15.1 Å². The summed E-state index contributed by atoms with van der Waals surface area (Å²) in [5.74, 6) is -0.312. The Morgan fingerprint density at radius 2 is 1.89 bits per heavy atom. The van der Waals surface area contributed by atoms with E-state index in [4.69, 9.17) is 16.3 Å². The molecule has 4 atom stereocenters. The molecule has 0 saturated heterocycles. The minimum absolute atomic E-state index is 0.0504. The third-order valence-corrected chi connectivity index (χ3v) is 8.25. The molecule has 0 radical (unpaired) electrons. The molecule has 2 unspecified atom stereocenters. The number of aliphatic carboxylic acids is 1. The highest BCUT2D eigenvalue weighted by Gasteiger charge is 2.59. The molecule has 9 heteroatoms. The molecule has 1 aromatic heterocycles. The van der Waals surface area contributed by atoms with Crippen LogP contribution in [0, 0.1) is 17.3 Å². The van der Waals surface area contributed by atoms with Crippen LogP contribution in [0.15, 0.2) is 35.3 Å². The molecule has 2 N–H and O–H groups in total. The van der Waals surface area contributed by atoms with Crippen molar-refractivity contribution in [3.8, 4) is 0 Å². The van der Waals surface area contributed by atoms with Gasteiger partial charge in [-0.15, -0.1) is 0 Å². The Balaban J connectivity index is 1.38. The summed E-state index contributed by atoms with van der Waals surface area (Å²) in [5.41, 5.74) is 0.400. The molecular weight excluding hydrogens is 470 g/mol. The van der Waals surface area contributed by atoms with Crippen molar-refractivity contribution in [1.29, 1.82) is 0 Å². The number of carbonyl (C=O) groups excluding carboxylic acids is 1. The number of ether oxygens (including phenoxy) is 1. The SMILES string of the molecule is CCCOC(=O)c1ccc(Nc2cnn(C34C[C@@H]5C[C@@H](CC(CC(=O)O)(C5)C3)C4)c(=O)c2Cl)cc1. The van der Waals surface area contributed by atoms with Gasteiger partial charge in [0.25, 0.3) is 5.56 Å². The Morgan fingerprint density at radius 1 is 1.20 bits per heavy atom. The van der Waals surface area contributed by atoms with Crippen molar-refractivity contribution in [2.24, 2.45) is 17.3 Å². The second-order valence-electron chi connectivity index (χ2n) is 10.7. The highest BCUT2D eigenvalue weighted by atomic mass is 35.5. The second kappa shape index (κ2) is 8.97. The van der Waals surface area contributed by atoms with Gasteiger partial charge in [0.15, 0.2) is 0 Å². The number of halogens is 1. The number of hydrogen-bond acceptors (Lipinski definition) is 6. The Hall–Kier alpha value is -2.87. The van der Waals surface area contributed by atoms with Crippen LogP contribution in [0.4, 0.5) is 11.4 Å². The molecule has 8 nitrogen and oxygen atoms in total. The van der Waals surface area contributed by atoms with Crippen LogP contribution in [-0.4, -0.2) is 33.4 Å². The molecule has 1 heterocycles. The molecule has 4 aliphatic carbocycles. The third kappa shape index (κ3) is 4.44. The van der Waals surface area contributed by atoms with E-state index >= 15 is 0 Å². The lowest BCUT2D eigenvalue weighted by molar-refractivity contribution is -0.151. The van der Waals surface area contributed by atoms with E-state index in [0.717, 1.165) is 38.5 Å². The first-order chi connectivity index (χ1) is 16.7. The van der Waals surface area contributed by atoms with Gasteiger partial charge in [0.2, 0.25) is 0 Å². The van der Waals surface area contributed by atoms with E-state index in [1.54, 1.807) is 35.1 Å². The number of nitrogens with zero attached hydrogens (tertiary/aromatic N) is 2. The smallest absolute Gasteiger partial charge is 0.338 e. The minimum Gasteiger partial charge on any atom is -0.481 e. The fourth-order valence-electron chi connectivity index (χ4n) is 7.16. The van der Waals surface area contributed by atoms with Gasteiger partial charge in [-0.05, 0) is 86.5 Å². The topological polar surface area (TPSA) is 111 Å². The number of benzene rings is 1. The average molecular weight is 500 g/mol. The summed E-state index contributed by atoms with van der Waals surface area (Å²) in [5, 5.41) is 17.3. The molecule has 0 spiro atoms. The summed E-state index contributed by atoms with van der Waals surface area (Å²) in [4.78, 5) is 37.1. The summed E-state index contributed by atoms with van der Waals surface area (Å²) in [7, 11) is 0. The molecule has 4 fully saturated rings. The zero-order chi connectivity index (χ0) is 24.8. The molecule has 4 aliphatic rings. The zero-order valence-electron chi connectivity index (χ0n) is 19.8. The van der Waals surface area contributed by atoms with E-state index in [9.17, 15) is 19.5 Å². The number of nitrogens with one attached hydrogen (secondary N) is 1. The number of carboxylic acid groups (broad SMARTS) is 1. The Labute approximate surface area is 208 Å². The lowest BCUT2D eigenvalue weighted by Crippen LogP contribution is -2.59. The van der Waals surface area contributed by atoms with Crippen LogP contribution in [0.3, 0.4) is 0 Å². The lowest BCUT2D eigenvalue weighted by Gasteiger charge is -2.61. The van der Waals surface area contributed by atoms with Crippen molar-refractivity contribution in [1.82, 2.24) is 9.78 Å². The van der Waals surface area contributed by atoms with E-state index < -0.39 is 11.5 Å². The molecule has 1 aromatic carbocycles. The van der Waals surface area contributed by atoms with Crippen LogP contribution in [0.25, 0.3) is 0 Å². The summed E-state index contributed by atoms with van der Waals surface area (Å²) in [6.45, 7) is 2.31. The van der Waals surface area contributed by atoms with E-state index in [1.165, 1.54) is 0 Å². The number of carbonyl (C=O) groups is 2. The third-order valence-electron chi connectivity index (χ3n) is 7.88. The van der Waals surface area contributed by atoms with Gasteiger partial charge in [0, 0.05) is 5.69 Å². The molecular formula is C26H30ClN3O5. The number of aromatic nitrogens is 2. The first-order valence-electron chi connectivity index (χ1n) is 12.3. The predicted octanol–water partition coefficient (Wildman–Crippen LogP) is 4.98. The fraction of sp³-hybridized carbons (Fsp3) is 0.538. The average Bonchev–Trinajstić information content (AvgIpc) is 2.79. The van der Waals surface area contributed by atoms with E-state index in [0.29, 0.717) is 41.8 Å². The molecule has 6 rings (SSSR count). The Kier molecular flexibility index (Phi) is 6.11. The first kappa shape index (κ1) is 23.9. The van der Waals surface area contributed by atoms with Crippen LogP contribution < -0.4 is 10.9 Å². The highest BCUT2D eigenvalue weighted by Crippen LogP contribution is 2.65. The predicted molar refractivity (Wildman–Crippen MR) is 131 cm³/mol. The first-order valence-corrected chi connectivity index (χ1v) is 12.6. The van der Waals surface area contributed by atoms with Crippen molar-refractivity contribution in [2.45, 2.75) is 63.8 Å². The standard InChI is InChI=1S/C26H30ClN3O5/c1-2-7-35-24(34)18-3-5-19(6-4-18)29-20-14-28-30(23(33)22(20)27)26-11-16-8-17(12-26)10-25(9-16,15-26)13-21(31)32/h3-6,14,16-17,29H,2,7-13,15H2,1H3,(H,31,32)/t16-,17+,25?,26?. The van der Waals surface area contributed by atoms with Gasteiger partial charge in [-0.1, -0.05) is 18.5 Å². The minimum atomic E-state index is -0.773. The summed E-state index contributed by atoms with van der Waals surface area (Å²) < 4.78 is 6.69. The highest BCUT2D eigenvalue weighted by molar-refractivity contribution is 6.33. The van der Waals surface area contributed by atoms with Crippen molar-refractivity contribution in [2.75, 3.05) is 11.9 Å². The molecule has 4 saturated carbocycles. The van der Waals surface area contributed by atoms with Gasteiger partial charge in [-0.25, -0.2) is 9.48 Å². The molecule has 4 bridgehead atoms. The van der Waals surface area contributed by atoms with Crippen molar-refractivity contribution in [3.63, 3.8) is 0 Å². The van der Waals surface area contributed by atoms with Crippen LogP contribution >= 0.6 is 11.6 Å². The fourth-order valence-corrected chi connectivity index (χ4v) is 7.33. The van der Waals surface area contributed by atoms with Crippen LogP contribution in [0.2, 0.25) is 5.02 Å². The molecule has 2 aromatic rings. The van der Waals surface area contributed by atoms with Gasteiger partial charge in [-0.3, -0.25) is 9.59 Å². The number of esters is 1. The van der Waals surface area contributed by atoms with Gasteiger partial charge in [0.1, 0.15) is 5.02 Å². The van der Waals surface area contributed by atoms with E-state index in [-0.39, 0.29) is 28.4 Å².